The van der Waals surface area contributed by atoms with Gasteiger partial charge in [0.2, 0.25) is 0 Å². The summed E-state index contributed by atoms with van der Waals surface area (Å²) in [4.78, 5) is 3.76. The maximum atomic E-state index is 5.65. The number of nitrogens with zero attached hydrogens (tertiary/aromatic N) is 3. The van der Waals surface area contributed by atoms with Crippen LogP contribution in [0.15, 0.2) is 12.7 Å². The van der Waals surface area contributed by atoms with Gasteiger partial charge in [-0.2, -0.15) is 5.10 Å². The van der Waals surface area contributed by atoms with Gasteiger partial charge >= 0.3 is 0 Å². The summed E-state index contributed by atoms with van der Waals surface area (Å²) in [5.41, 5.74) is 4.92. The Morgan fingerprint density at radius 1 is 1.82 bits per heavy atom. The molecule has 11 heavy (non-hydrogen) atoms. The fraction of sp³-hybridized carbons (Fsp3) is 0.600. The fourth-order valence-electron chi connectivity index (χ4n) is 0.897. The second-order valence-corrected chi connectivity index (χ2v) is 2.59. The summed E-state index contributed by atoms with van der Waals surface area (Å²) in [6, 6.07) is -0.369. The van der Waals surface area contributed by atoms with Crippen LogP contribution in [-0.2, 0) is 11.3 Å². The molecule has 0 aromatic carbocycles. The summed E-state index contributed by atoms with van der Waals surface area (Å²) in [7, 11) is 5.41. The fourth-order valence-corrected chi connectivity index (χ4v) is 0.897. The van der Waals surface area contributed by atoms with Gasteiger partial charge in [-0.25, -0.2) is 9.67 Å². The van der Waals surface area contributed by atoms with Crippen LogP contribution in [0.3, 0.4) is 0 Å². The Kier molecular flexibility index (Phi) is 1.27. The summed E-state index contributed by atoms with van der Waals surface area (Å²) < 4.78 is 6.53. The number of epoxide rings is 1. The number of rotatable bonds is 2. The SMILES string of the molecule is [B]C1OC1(N)Cn1cncn1. The van der Waals surface area contributed by atoms with Gasteiger partial charge in [0.25, 0.3) is 0 Å². The predicted molar refractivity (Wildman–Crippen MR) is 37.6 cm³/mol. The predicted octanol–water partition coefficient (Wildman–Crippen LogP) is -1.54. The van der Waals surface area contributed by atoms with E-state index in [1.807, 2.05) is 0 Å². The topological polar surface area (TPSA) is 69.3 Å². The van der Waals surface area contributed by atoms with Gasteiger partial charge in [-0.15, -0.1) is 0 Å². The van der Waals surface area contributed by atoms with Crippen molar-refractivity contribution in [3.63, 3.8) is 0 Å². The van der Waals surface area contributed by atoms with E-state index < -0.39 is 5.72 Å². The van der Waals surface area contributed by atoms with E-state index in [2.05, 4.69) is 10.1 Å². The number of hydrogen-bond donors (Lipinski definition) is 1. The molecule has 1 aromatic heterocycles. The third kappa shape index (κ3) is 1.14. The Bertz CT molecular complexity index is 251. The van der Waals surface area contributed by atoms with Crippen LogP contribution in [0.2, 0.25) is 0 Å². The molecule has 2 radical (unpaired) electrons. The Morgan fingerprint density at radius 2 is 2.55 bits per heavy atom. The summed E-state index contributed by atoms with van der Waals surface area (Å²) in [6.45, 7) is 0.453. The van der Waals surface area contributed by atoms with Crippen LogP contribution in [0, 0.1) is 0 Å². The minimum atomic E-state index is -0.728. The standard InChI is InChI=1S/C5H7BN4O/c6-4-5(7,11-4)1-10-3-8-2-9-10/h2-4H,1,7H2. The summed E-state index contributed by atoms with van der Waals surface area (Å²) >= 11 is 0. The van der Waals surface area contributed by atoms with Crippen LogP contribution in [0.4, 0.5) is 0 Å². The monoisotopic (exact) mass is 150 g/mol. The first kappa shape index (κ1) is 6.81. The molecule has 0 amide bonds. The zero-order valence-electron chi connectivity index (χ0n) is 5.84. The van der Waals surface area contributed by atoms with E-state index in [0.29, 0.717) is 6.54 Å². The van der Waals surface area contributed by atoms with Gasteiger partial charge in [-0.1, -0.05) is 0 Å². The van der Waals surface area contributed by atoms with E-state index in [0.717, 1.165) is 0 Å². The molecule has 0 saturated carbocycles. The first-order valence-corrected chi connectivity index (χ1v) is 3.25. The van der Waals surface area contributed by atoms with Gasteiger partial charge in [-0.3, -0.25) is 0 Å². The van der Waals surface area contributed by atoms with E-state index in [1.165, 1.54) is 6.33 Å². The molecule has 1 aliphatic heterocycles. The number of hydrogen-bond acceptors (Lipinski definition) is 4. The molecule has 1 aliphatic rings. The van der Waals surface area contributed by atoms with Crippen molar-refractivity contribution in [1.29, 1.82) is 0 Å². The lowest BCUT2D eigenvalue weighted by Crippen LogP contribution is -2.33. The third-order valence-corrected chi connectivity index (χ3v) is 1.65. The Hall–Kier alpha value is -0.875. The zero-order chi connectivity index (χ0) is 7.90. The minimum absolute atomic E-state index is 0.369. The highest BCUT2D eigenvalue weighted by molar-refractivity contribution is 6.13. The molecule has 2 atom stereocenters. The first-order chi connectivity index (χ1) is 5.21. The number of aromatic nitrogens is 3. The van der Waals surface area contributed by atoms with Crippen molar-refractivity contribution in [1.82, 2.24) is 14.8 Å². The van der Waals surface area contributed by atoms with E-state index in [-0.39, 0.29) is 6.00 Å². The van der Waals surface area contributed by atoms with Crippen LogP contribution in [0.1, 0.15) is 0 Å². The minimum Gasteiger partial charge on any atom is -0.359 e. The van der Waals surface area contributed by atoms with Gasteiger partial charge in [-0.05, 0) is 0 Å². The molecular weight excluding hydrogens is 143 g/mol. The average molecular weight is 150 g/mol. The second-order valence-electron chi connectivity index (χ2n) is 2.59. The molecule has 0 spiro atoms. The van der Waals surface area contributed by atoms with Crippen molar-refractivity contribution in [2.45, 2.75) is 18.3 Å². The van der Waals surface area contributed by atoms with Crippen LogP contribution in [-0.4, -0.2) is 34.3 Å². The van der Waals surface area contributed by atoms with Crippen LogP contribution in [0.5, 0.6) is 0 Å². The molecule has 1 fully saturated rings. The van der Waals surface area contributed by atoms with Crippen molar-refractivity contribution >= 4 is 7.85 Å². The van der Waals surface area contributed by atoms with Crippen LogP contribution in [0.25, 0.3) is 0 Å². The van der Waals surface area contributed by atoms with Crippen molar-refractivity contribution in [3.8, 4) is 0 Å². The number of ether oxygens (including phenoxy) is 1. The molecular formula is C5H7BN4O. The largest absolute Gasteiger partial charge is 0.359 e. The molecule has 2 rings (SSSR count). The van der Waals surface area contributed by atoms with Crippen molar-refractivity contribution < 1.29 is 4.74 Å². The van der Waals surface area contributed by atoms with Gasteiger partial charge in [0.15, 0.2) is 5.72 Å². The molecule has 5 nitrogen and oxygen atoms in total. The highest BCUT2D eigenvalue weighted by atomic mass is 16.6. The highest BCUT2D eigenvalue weighted by Crippen LogP contribution is 2.29. The Balaban J connectivity index is 2.02. The molecule has 0 bridgehead atoms. The molecule has 56 valence electrons. The van der Waals surface area contributed by atoms with Crippen LogP contribution >= 0.6 is 0 Å². The van der Waals surface area contributed by atoms with E-state index in [9.17, 15) is 0 Å². The van der Waals surface area contributed by atoms with Gasteiger partial charge in [0.05, 0.1) is 12.5 Å². The average Bonchev–Trinajstić information content (AvgIpc) is 2.43. The normalized spacial score (nSPS) is 35.5. The van der Waals surface area contributed by atoms with E-state index in [4.69, 9.17) is 18.3 Å². The van der Waals surface area contributed by atoms with Gasteiger partial charge in [0, 0.05) is 0 Å². The molecule has 2 unspecified atom stereocenters. The molecule has 1 saturated heterocycles. The van der Waals surface area contributed by atoms with Crippen molar-refractivity contribution in [2.24, 2.45) is 5.73 Å². The summed E-state index contributed by atoms with van der Waals surface area (Å²) in [6.07, 6.45) is 3.01. The molecule has 2 heterocycles. The highest BCUT2D eigenvalue weighted by Gasteiger charge is 2.49. The zero-order valence-corrected chi connectivity index (χ0v) is 5.84. The Labute approximate surface area is 65.0 Å². The lowest BCUT2D eigenvalue weighted by molar-refractivity contribution is 0.270. The van der Waals surface area contributed by atoms with Crippen molar-refractivity contribution in [2.75, 3.05) is 0 Å². The maximum Gasteiger partial charge on any atom is 0.153 e. The summed E-state index contributed by atoms with van der Waals surface area (Å²) in [5, 5.41) is 3.87. The van der Waals surface area contributed by atoms with Gasteiger partial charge < -0.3 is 10.5 Å². The maximum absolute atomic E-state index is 5.65. The molecule has 0 aliphatic carbocycles. The lowest BCUT2D eigenvalue weighted by Gasteiger charge is -2.04. The third-order valence-electron chi connectivity index (χ3n) is 1.65. The molecule has 6 heteroatoms. The molecule has 2 N–H and O–H groups in total. The van der Waals surface area contributed by atoms with E-state index in [1.54, 1.807) is 11.0 Å². The van der Waals surface area contributed by atoms with Crippen molar-refractivity contribution in [3.05, 3.63) is 12.7 Å². The smallest absolute Gasteiger partial charge is 0.153 e. The number of nitrogens with two attached hydrogens (primary N) is 1. The first-order valence-electron chi connectivity index (χ1n) is 3.25. The lowest BCUT2D eigenvalue weighted by atomic mass is 9.98. The summed E-state index contributed by atoms with van der Waals surface area (Å²) in [5.74, 6) is 0. The quantitative estimate of drug-likeness (QED) is 0.409. The van der Waals surface area contributed by atoms with E-state index >= 15 is 0 Å². The second kappa shape index (κ2) is 2.05. The Morgan fingerprint density at radius 3 is 3.00 bits per heavy atom. The van der Waals surface area contributed by atoms with Gasteiger partial charge in [0.1, 0.15) is 20.5 Å². The molecule has 1 aromatic rings. The van der Waals surface area contributed by atoms with Crippen LogP contribution < -0.4 is 5.73 Å².